The molecule has 0 saturated carbocycles. The molecule has 0 aliphatic carbocycles. The van der Waals surface area contributed by atoms with Crippen molar-refractivity contribution in [3.8, 4) is 5.88 Å². The minimum absolute atomic E-state index is 0.206. The zero-order valence-corrected chi connectivity index (χ0v) is 10.4. The molecule has 1 N–H and O–H groups in total. The van der Waals surface area contributed by atoms with E-state index in [2.05, 4.69) is 10.3 Å². The molecule has 0 fully saturated rings. The number of aromatic nitrogens is 1. The van der Waals surface area contributed by atoms with Gasteiger partial charge in [0.1, 0.15) is 10.9 Å². The number of rotatable bonds is 4. The number of pyridine rings is 1. The van der Waals surface area contributed by atoms with Crippen molar-refractivity contribution in [1.82, 2.24) is 10.3 Å². The van der Waals surface area contributed by atoms with Gasteiger partial charge in [0, 0.05) is 11.6 Å². The van der Waals surface area contributed by atoms with Gasteiger partial charge in [0.05, 0.1) is 19.9 Å². The fourth-order valence-electron chi connectivity index (χ4n) is 1.39. The van der Waals surface area contributed by atoms with E-state index in [4.69, 9.17) is 20.8 Å². The number of halogens is 1. The minimum atomic E-state index is -0.269. The summed E-state index contributed by atoms with van der Waals surface area (Å²) in [6, 6.07) is 6.53. The third kappa shape index (κ3) is 3.01. The smallest absolute Gasteiger partial charge is 0.251 e. The highest BCUT2D eigenvalue weighted by Crippen LogP contribution is 2.16. The highest BCUT2D eigenvalue weighted by Gasteiger charge is 2.10. The summed E-state index contributed by atoms with van der Waals surface area (Å²) in [6.45, 7) is 0.314. The number of nitrogens with zero attached hydrogens (tertiary/aromatic N) is 1. The van der Waals surface area contributed by atoms with E-state index in [1.165, 1.54) is 19.2 Å². The molecule has 1 amide bonds. The van der Waals surface area contributed by atoms with Gasteiger partial charge in [-0.2, -0.15) is 0 Å². The van der Waals surface area contributed by atoms with E-state index >= 15 is 0 Å². The van der Waals surface area contributed by atoms with Gasteiger partial charge in [-0.05, 0) is 18.2 Å². The van der Waals surface area contributed by atoms with E-state index in [1.54, 1.807) is 18.4 Å². The maximum atomic E-state index is 11.9. The van der Waals surface area contributed by atoms with Crippen LogP contribution in [0.4, 0.5) is 0 Å². The molecule has 94 valence electrons. The second kappa shape index (κ2) is 5.55. The van der Waals surface area contributed by atoms with Crippen LogP contribution in [0.25, 0.3) is 0 Å². The summed E-state index contributed by atoms with van der Waals surface area (Å²) in [4.78, 5) is 15.8. The molecule has 2 heterocycles. The van der Waals surface area contributed by atoms with Gasteiger partial charge in [-0.25, -0.2) is 4.98 Å². The Kier molecular flexibility index (Phi) is 3.84. The van der Waals surface area contributed by atoms with Gasteiger partial charge >= 0.3 is 0 Å². The lowest BCUT2D eigenvalue weighted by Gasteiger charge is -2.05. The fraction of sp³-hybridized carbons (Fsp3) is 0.167. The lowest BCUT2D eigenvalue weighted by molar-refractivity contribution is 0.0947. The summed E-state index contributed by atoms with van der Waals surface area (Å²) < 4.78 is 10.1. The van der Waals surface area contributed by atoms with Gasteiger partial charge in [-0.15, -0.1) is 0 Å². The first-order valence-electron chi connectivity index (χ1n) is 5.21. The van der Waals surface area contributed by atoms with E-state index in [9.17, 15) is 4.79 Å². The maximum absolute atomic E-state index is 11.9. The molecule has 0 radical (unpaired) electrons. The lowest BCUT2D eigenvalue weighted by Crippen LogP contribution is -2.22. The average Bonchev–Trinajstić information content (AvgIpc) is 2.88. The highest BCUT2D eigenvalue weighted by atomic mass is 35.5. The Morgan fingerprint density at radius 2 is 2.39 bits per heavy atom. The Bertz CT molecular complexity index is 540. The third-order valence-electron chi connectivity index (χ3n) is 2.25. The predicted molar refractivity (Wildman–Crippen MR) is 65.7 cm³/mol. The fourth-order valence-corrected chi connectivity index (χ4v) is 1.59. The molecule has 0 spiro atoms. The molecule has 2 aromatic heterocycles. The van der Waals surface area contributed by atoms with Gasteiger partial charge in [-0.1, -0.05) is 11.6 Å². The van der Waals surface area contributed by atoms with E-state index in [0.29, 0.717) is 23.7 Å². The van der Waals surface area contributed by atoms with E-state index in [1.807, 2.05) is 0 Å². The third-order valence-corrected chi connectivity index (χ3v) is 2.44. The Morgan fingerprint density at radius 3 is 3.06 bits per heavy atom. The molecule has 6 heteroatoms. The van der Waals surface area contributed by atoms with Gasteiger partial charge < -0.3 is 14.5 Å². The van der Waals surface area contributed by atoms with Crippen molar-refractivity contribution in [3.63, 3.8) is 0 Å². The molecule has 2 rings (SSSR count). The van der Waals surface area contributed by atoms with Gasteiger partial charge in [0.2, 0.25) is 5.88 Å². The molecular weight excluding hydrogens is 256 g/mol. The lowest BCUT2D eigenvalue weighted by atomic mass is 10.2. The molecule has 0 bridgehead atoms. The van der Waals surface area contributed by atoms with Crippen LogP contribution >= 0.6 is 11.6 Å². The number of hydrogen-bond donors (Lipinski definition) is 1. The van der Waals surface area contributed by atoms with E-state index in [0.717, 1.165) is 0 Å². The number of amides is 1. The van der Waals surface area contributed by atoms with Gasteiger partial charge in [0.15, 0.2) is 0 Å². The van der Waals surface area contributed by atoms with Crippen LogP contribution in [-0.2, 0) is 6.54 Å². The summed E-state index contributed by atoms with van der Waals surface area (Å²) in [6.07, 6.45) is 1.55. The number of hydrogen-bond acceptors (Lipinski definition) is 4. The van der Waals surface area contributed by atoms with Crippen LogP contribution in [0, 0.1) is 0 Å². The quantitative estimate of drug-likeness (QED) is 0.862. The number of carbonyl (C=O) groups excluding carboxylic acids is 1. The van der Waals surface area contributed by atoms with Crippen LogP contribution in [0.1, 0.15) is 16.1 Å². The molecule has 0 atom stereocenters. The molecule has 2 aromatic rings. The molecule has 0 saturated heterocycles. The highest BCUT2D eigenvalue weighted by molar-refractivity contribution is 6.29. The number of furan rings is 1. The van der Waals surface area contributed by atoms with Crippen LogP contribution in [0.15, 0.2) is 34.9 Å². The van der Waals surface area contributed by atoms with Crippen LogP contribution in [0.2, 0.25) is 5.15 Å². The summed E-state index contributed by atoms with van der Waals surface area (Å²) in [5.74, 6) is 0.704. The second-order valence-corrected chi connectivity index (χ2v) is 3.87. The van der Waals surface area contributed by atoms with Crippen LogP contribution in [-0.4, -0.2) is 18.0 Å². The predicted octanol–water partition coefficient (Wildman–Crippen LogP) is 2.27. The first kappa shape index (κ1) is 12.4. The largest absolute Gasteiger partial charge is 0.481 e. The topological polar surface area (TPSA) is 64.4 Å². The number of nitrogens with one attached hydrogen (secondary N) is 1. The SMILES string of the molecule is COc1cc(C(=O)NCc2ccco2)cc(Cl)n1. The van der Waals surface area contributed by atoms with Crippen molar-refractivity contribution < 1.29 is 13.9 Å². The summed E-state index contributed by atoms with van der Waals surface area (Å²) in [5, 5.41) is 2.91. The van der Waals surface area contributed by atoms with Crippen molar-refractivity contribution >= 4 is 17.5 Å². The Hall–Kier alpha value is -2.01. The van der Waals surface area contributed by atoms with Gasteiger partial charge in [0.25, 0.3) is 5.91 Å². The Labute approximate surface area is 109 Å². The summed E-state index contributed by atoms with van der Waals surface area (Å²) >= 11 is 5.78. The molecule has 0 aliphatic rings. The first-order chi connectivity index (χ1) is 8.69. The molecule has 18 heavy (non-hydrogen) atoms. The zero-order valence-electron chi connectivity index (χ0n) is 9.64. The molecular formula is C12H11ClN2O3. The van der Waals surface area contributed by atoms with Crippen LogP contribution in [0.5, 0.6) is 5.88 Å². The van der Waals surface area contributed by atoms with Crippen molar-refractivity contribution in [2.75, 3.05) is 7.11 Å². The number of carbonyl (C=O) groups is 1. The van der Waals surface area contributed by atoms with Crippen LogP contribution in [0.3, 0.4) is 0 Å². The van der Waals surface area contributed by atoms with Crippen LogP contribution < -0.4 is 10.1 Å². The van der Waals surface area contributed by atoms with E-state index in [-0.39, 0.29) is 11.1 Å². The van der Waals surface area contributed by atoms with E-state index < -0.39 is 0 Å². The average molecular weight is 267 g/mol. The van der Waals surface area contributed by atoms with Crippen molar-refractivity contribution in [2.24, 2.45) is 0 Å². The normalized spacial score (nSPS) is 10.1. The monoisotopic (exact) mass is 266 g/mol. The molecule has 5 nitrogen and oxygen atoms in total. The maximum Gasteiger partial charge on any atom is 0.251 e. The summed E-state index contributed by atoms with van der Waals surface area (Å²) in [5.41, 5.74) is 0.387. The zero-order chi connectivity index (χ0) is 13.0. The number of methoxy groups -OCH3 is 1. The number of ether oxygens (including phenoxy) is 1. The molecule has 0 aliphatic heterocycles. The summed E-state index contributed by atoms with van der Waals surface area (Å²) in [7, 11) is 1.46. The molecule has 0 aromatic carbocycles. The minimum Gasteiger partial charge on any atom is -0.481 e. The Morgan fingerprint density at radius 1 is 1.56 bits per heavy atom. The molecule has 0 unspecified atom stereocenters. The van der Waals surface area contributed by atoms with Crippen molar-refractivity contribution in [3.05, 3.63) is 47.0 Å². The van der Waals surface area contributed by atoms with Crippen molar-refractivity contribution in [1.29, 1.82) is 0 Å². The van der Waals surface area contributed by atoms with Crippen molar-refractivity contribution in [2.45, 2.75) is 6.54 Å². The second-order valence-electron chi connectivity index (χ2n) is 3.48. The standard InChI is InChI=1S/C12H11ClN2O3/c1-17-11-6-8(5-10(13)15-11)12(16)14-7-9-3-2-4-18-9/h2-6H,7H2,1H3,(H,14,16). The first-order valence-corrected chi connectivity index (χ1v) is 5.59. The Balaban J connectivity index is 2.06. The van der Waals surface area contributed by atoms with Gasteiger partial charge in [-0.3, -0.25) is 4.79 Å².